The van der Waals surface area contributed by atoms with Crippen molar-refractivity contribution in [3.63, 3.8) is 0 Å². The summed E-state index contributed by atoms with van der Waals surface area (Å²) in [6, 6.07) is -0.151. The van der Waals surface area contributed by atoms with E-state index in [-0.39, 0.29) is 11.9 Å². The van der Waals surface area contributed by atoms with E-state index >= 15 is 0 Å². The van der Waals surface area contributed by atoms with E-state index in [9.17, 15) is 4.79 Å². The normalized spacial score (nSPS) is 28.9. The van der Waals surface area contributed by atoms with E-state index in [0.29, 0.717) is 39.5 Å². The molecule has 2 fully saturated rings. The minimum Gasteiger partial charge on any atom is -0.378 e. The molecule has 2 aliphatic rings. The second kappa shape index (κ2) is 4.72. The van der Waals surface area contributed by atoms with Gasteiger partial charge in [0, 0.05) is 19.6 Å². The average Bonchev–Trinajstić information content (AvgIpc) is 2.30. The van der Waals surface area contributed by atoms with Crippen LogP contribution in [-0.2, 0) is 14.3 Å². The van der Waals surface area contributed by atoms with E-state index in [2.05, 4.69) is 5.32 Å². The highest BCUT2D eigenvalue weighted by Gasteiger charge is 2.26. The molecule has 0 spiro atoms. The van der Waals surface area contributed by atoms with E-state index in [1.165, 1.54) is 0 Å². The monoisotopic (exact) mass is 200 g/mol. The highest BCUT2D eigenvalue weighted by atomic mass is 16.5. The van der Waals surface area contributed by atoms with Gasteiger partial charge in [0.1, 0.15) is 6.04 Å². The molecule has 1 N–H and O–H groups in total. The summed E-state index contributed by atoms with van der Waals surface area (Å²) in [7, 11) is 0. The van der Waals surface area contributed by atoms with Gasteiger partial charge in [-0.2, -0.15) is 0 Å². The topological polar surface area (TPSA) is 50.8 Å². The number of nitrogens with one attached hydrogen (secondary N) is 1. The predicted octanol–water partition coefficient (Wildman–Crippen LogP) is -1.17. The van der Waals surface area contributed by atoms with Crippen LogP contribution < -0.4 is 5.32 Å². The molecule has 5 heteroatoms. The third-order valence-electron chi connectivity index (χ3n) is 2.54. The summed E-state index contributed by atoms with van der Waals surface area (Å²) in [6.45, 7) is 4.68. The van der Waals surface area contributed by atoms with Crippen molar-refractivity contribution in [3.05, 3.63) is 0 Å². The number of carbonyl (C=O) groups excluding carboxylic acids is 1. The summed E-state index contributed by atoms with van der Waals surface area (Å²) >= 11 is 0. The van der Waals surface area contributed by atoms with Crippen LogP contribution in [0.25, 0.3) is 0 Å². The zero-order valence-electron chi connectivity index (χ0n) is 8.20. The second-order valence-electron chi connectivity index (χ2n) is 3.52. The van der Waals surface area contributed by atoms with Gasteiger partial charge in [0.15, 0.2) is 0 Å². The Bertz CT molecular complexity index is 178. The zero-order chi connectivity index (χ0) is 9.80. The van der Waals surface area contributed by atoms with E-state index < -0.39 is 0 Å². The molecule has 0 bridgehead atoms. The van der Waals surface area contributed by atoms with Crippen LogP contribution in [0.1, 0.15) is 0 Å². The van der Waals surface area contributed by atoms with Crippen molar-refractivity contribution in [1.82, 2.24) is 10.2 Å². The van der Waals surface area contributed by atoms with Crippen molar-refractivity contribution in [2.75, 3.05) is 46.1 Å². The fourth-order valence-corrected chi connectivity index (χ4v) is 1.73. The first kappa shape index (κ1) is 9.89. The number of carbonyl (C=O) groups is 1. The summed E-state index contributed by atoms with van der Waals surface area (Å²) < 4.78 is 10.4. The molecule has 14 heavy (non-hydrogen) atoms. The lowest BCUT2D eigenvalue weighted by molar-refractivity contribution is -0.140. The molecule has 0 aromatic carbocycles. The summed E-state index contributed by atoms with van der Waals surface area (Å²) in [4.78, 5) is 13.7. The molecule has 80 valence electrons. The number of rotatable bonds is 1. The molecule has 2 aliphatic heterocycles. The molecule has 2 rings (SSSR count). The zero-order valence-corrected chi connectivity index (χ0v) is 8.20. The Morgan fingerprint density at radius 2 is 2.00 bits per heavy atom. The van der Waals surface area contributed by atoms with Crippen LogP contribution in [0.3, 0.4) is 0 Å². The maximum Gasteiger partial charge on any atom is 0.242 e. The quantitative estimate of drug-likeness (QED) is 0.579. The number of morpholine rings is 2. The van der Waals surface area contributed by atoms with E-state index in [0.717, 1.165) is 6.54 Å². The van der Waals surface area contributed by atoms with E-state index in [4.69, 9.17) is 9.47 Å². The highest BCUT2D eigenvalue weighted by molar-refractivity contribution is 5.82. The molecule has 2 heterocycles. The van der Waals surface area contributed by atoms with Crippen LogP contribution in [0.2, 0.25) is 0 Å². The molecule has 0 unspecified atom stereocenters. The van der Waals surface area contributed by atoms with Gasteiger partial charge >= 0.3 is 0 Å². The summed E-state index contributed by atoms with van der Waals surface area (Å²) in [6.07, 6.45) is 0. The van der Waals surface area contributed by atoms with Gasteiger partial charge in [-0.3, -0.25) is 4.79 Å². The van der Waals surface area contributed by atoms with Crippen molar-refractivity contribution >= 4 is 5.91 Å². The number of ether oxygens (including phenoxy) is 2. The fraction of sp³-hybridized carbons (Fsp3) is 0.889. The number of nitrogens with zero attached hydrogens (tertiary/aromatic N) is 1. The lowest BCUT2D eigenvalue weighted by Crippen LogP contribution is -2.54. The van der Waals surface area contributed by atoms with E-state index in [1.54, 1.807) is 0 Å². The molecule has 5 nitrogen and oxygen atoms in total. The van der Waals surface area contributed by atoms with Crippen molar-refractivity contribution in [3.8, 4) is 0 Å². The Balaban J connectivity index is 1.85. The standard InChI is InChI=1S/C9H16N2O3/c12-9(8-7-14-4-1-10-8)11-2-5-13-6-3-11/h8,10H,1-7H2/t8-/m1/s1. The Kier molecular flexibility index (Phi) is 3.34. The van der Waals surface area contributed by atoms with Crippen LogP contribution in [0.15, 0.2) is 0 Å². The van der Waals surface area contributed by atoms with Gasteiger partial charge in [0.25, 0.3) is 0 Å². The third-order valence-corrected chi connectivity index (χ3v) is 2.54. The van der Waals surface area contributed by atoms with Gasteiger partial charge in [-0.05, 0) is 0 Å². The lowest BCUT2D eigenvalue weighted by Gasteiger charge is -2.32. The van der Waals surface area contributed by atoms with Crippen LogP contribution in [0.4, 0.5) is 0 Å². The molecule has 1 amide bonds. The number of hydrogen-bond acceptors (Lipinski definition) is 4. The molecule has 0 aliphatic carbocycles. The van der Waals surface area contributed by atoms with Crippen molar-refractivity contribution in [2.45, 2.75) is 6.04 Å². The maximum atomic E-state index is 11.9. The van der Waals surface area contributed by atoms with Crippen LogP contribution in [-0.4, -0.2) is 62.9 Å². The van der Waals surface area contributed by atoms with E-state index in [1.807, 2.05) is 4.90 Å². The van der Waals surface area contributed by atoms with Crippen molar-refractivity contribution in [1.29, 1.82) is 0 Å². The van der Waals surface area contributed by atoms with Gasteiger partial charge in [-0.15, -0.1) is 0 Å². The minimum absolute atomic E-state index is 0.146. The molecule has 2 saturated heterocycles. The van der Waals surface area contributed by atoms with Gasteiger partial charge in [0.2, 0.25) is 5.91 Å². The Morgan fingerprint density at radius 1 is 1.21 bits per heavy atom. The lowest BCUT2D eigenvalue weighted by atomic mass is 10.2. The van der Waals surface area contributed by atoms with Gasteiger partial charge < -0.3 is 19.7 Å². The average molecular weight is 200 g/mol. The smallest absolute Gasteiger partial charge is 0.242 e. The summed E-state index contributed by atoms with van der Waals surface area (Å²) in [5.74, 6) is 0.146. The maximum absolute atomic E-state index is 11.9. The van der Waals surface area contributed by atoms with Crippen molar-refractivity contribution < 1.29 is 14.3 Å². The minimum atomic E-state index is -0.151. The molecule has 0 saturated carbocycles. The largest absolute Gasteiger partial charge is 0.378 e. The SMILES string of the molecule is O=C([C@H]1COCCN1)N1CCOCC1. The van der Waals surface area contributed by atoms with Gasteiger partial charge in [-0.1, -0.05) is 0 Å². The number of amides is 1. The summed E-state index contributed by atoms with van der Waals surface area (Å²) in [5.41, 5.74) is 0. The molecule has 0 radical (unpaired) electrons. The highest BCUT2D eigenvalue weighted by Crippen LogP contribution is 2.03. The first-order valence-corrected chi connectivity index (χ1v) is 5.05. The fourth-order valence-electron chi connectivity index (χ4n) is 1.73. The second-order valence-corrected chi connectivity index (χ2v) is 3.52. The molecule has 0 aromatic heterocycles. The first-order chi connectivity index (χ1) is 6.88. The van der Waals surface area contributed by atoms with Crippen LogP contribution in [0.5, 0.6) is 0 Å². The summed E-state index contributed by atoms with van der Waals surface area (Å²) in [5, 5.41) is 3.16. The van der Waals surface area contributed by atoms with Gasteiger partial charge in [-0.25, -0.2) is 0 Å². The molecular weight excluding hydrogens is 184 g/mol. The molecule has 1 atom stereocenters. The van der Waals surface area contributed by atoms with Crippen LogP contribution in [0, 0.1) is 0 Å². The van der Waals surface area contributed by atoms with Crippen molar-refractivity contribution in [2.24, 2.45) is 0 Å². The first-order valence-electron chi connectivity index (χ1n) is 5.05. The third kappa shape index (κ3) is 2.23. The number of hydrogen-bond donors (Lipinski definition) is 1. The molecular formula is C9H16N2O3. The Morgan fingerprint density at radius 3 is 2.64 bits per heavy atom. The predicted molar refractivity (Wildman–Crippen MR) is 50.0 cm³/mol. The Hall–Kier alpha value is -0.650. The van der Waals surface area contributed by atoms with Crippen LogP contribution >= 0.6 is 0 Å². The van der Waals surface area contributed by atoms with Gasteiger partial charge in [0.05, 0.1) is 26.4 Å². The molecule has 0 aromatic rings. The Labute approximate surface area is 83.3 Å².